The van der Waals surface area contributed by atoms with Crippen LogP contribution in [-0.2, 0) is 6.61 Å². The van der Waals surface area contributed by atoms with Crippen LogP contribution in [0.15, 0.2) is 79.2 Å². The Balaban J connectivity index is 1.77. The number of hydrogen-bond donors (Lipinski definition) is 2. The Morgan fingerprint density at radius 1 is 1.03 bits per heavy atom. The van der Waals surface area contributed by atoms with Gasteiger partial charge in [0.2, 0.25) is 0 Å². The van der Waals surface area contributed by atoms with E-state index in [1.54, 1.807) is 6.07 Å². The summed E-state index contributed by atoms with van der Waals surface area (Å²) in [6.45, 7) is 0.389. The number of carbonyl (C=O) groups is 1. The zero-order chi connectivity index (χ0) is 20.8. The molecule has 0 aliphatic heterocycles. The van der Waals surface area contributed by atoms with Crippen molar-refractivity contribution in [2.24, 2.45) is 5.10 Å². The van der Waals surface area contributed by atoms with Gasteiger partial charge in [0.25, 0.3) is 5.91 Å². The number of benzene rings is 3. The van der Waals surface area contributed by atoms with E-state index in [1.807, 2.05) is 42.5 Å². The minimum absolute atomic E-state index is 0.118. The van der Waals surface area contributed by atoms with E-state index >= 15 is 0 Å². The number of carbonyl (C=O) groups excluding carboxylic acids is 1. The maximum absolute atomic E-state index is 12.3. The van der Waals surface area contributed by atoms with Crippen LogP contribution in [0.5, 0.6) is 11.5 Å². The Kier molecular flexibility index (Phi) is 7.46. The first kappa shape index (κ1) is 21.5. The van der Waals surface area contributed by atoms with Gasteiger partial charge in [0.1, 0.15) is 18.1 Å². The highest BCUT2D eigenvalue weighted by molar-refractivity contribution is 9.11. The molecule has 0 bridgehead atoms. The summed E-state index contributed by atoms with van der Waals surface area (Å²) in [6.07, 6.45) is 1.49. The summed E-state index contributed by atoms with van der Waals surface area (Å²) in [5, 5.41) is 13.9. The number of halogens is 3. The van der Waals surface area contributed by atoms with Gasteiger partial charge in [-0.3, -0.25) is 4.79 Å². The van der Waals surface area contributed by atoms with Crippen LogP contribution in [-0.4, -0.2) is 17.2 Å². The van der Waals surface area contributed by atoms with Gasteiger partial charge in [0, 0.05) is 14.5 Å². The Morgan fingerprint density at radius 3 is 2.55 bits per heavy atom. The van der Waals surface area contributed by atoms with E-state index in [9.17, 15) is 9.90 Å². The fourth-order valence-electron chi connectivity index (χ4n) is 2.47. The maximum Gasteiger partial charge on any atom is 0.275 e. The molecule has 3 rings (SSSR count). The summed E-state index contributed by atoms with van der Waals surface area (Å²) < 4.78 is 8.22. The molecule has 0 fully saturated rings. The molecular formula is C21H15Br3N2O3. The lowest BCUT2D eigenvalue weighted by atomic mass is 10.2. The molecule has 5 nitrogen and oxygen atoms in total. The van der Waals surface area contributed by atoms with Gasteiger partial charge in [-0.05, 0) is 51.8 Å². The molecule has 0 heterocycles. The molecule has 0 atom stereocenters. The van der Waals surface area contributed by atoms with E-state index in [2.05, 4.69) is 58.3 Å². The molecule has 0 aliphatic rings. The van der Waals surface area contributed by atoms with Crippen molar-refractivity contribution in [2.45, 2.75) is 6.61 Å². The van der Waals surface area contributed by atoms with Crippen LogP contribution in [0.4, 0.5) is 0 Å². The molecule has 29 heavy (non-hydrogen) atoms. The number of aromatic hydroxyl groups is 1. The fourth-order valence-corrected chi connectivity index (χ4v) is 4.20. The van der Waals surface area contributed by atoms with Crippen LogP contribution in [0, 0.1) is 0 Å². The first-order valence-corrected chi connectivity index (χ1v) is 10.8. The summed E-state index contributed by atoms with van der Waals surface area (Å²) in [5.74, 6) is -0.0563. The molecule has 0 unspecified atom stereocenters. The molecule has 2 N–H and O–H groups in total. The largest absolute Gasteiger partial charge is 0.507 e. The van der Waals surface area contributed by atoms with E-state index in [-0.39, 0.29) is 11.3 Å². The summed E-state index contributed by atoms with van der Waals surface area (Å²) in [4.78, 5) is 12.3. The van der Waals surface area contributed by atoms with E-state index < -0.39 is 5.91 Å². The molecule has 0 saturated carbocycles. The number of phenols is 1. The fraction of sp³-hybridized carbons (Fsp3) is 0.0476. The average molecular weight is 583 g/mol. The Morgan fingerprint density at radius 2 is 1.79 bits per heavy atom. The van der Waals surface area contributed by atoms with E-state index in [0.29, 0.717) is 22.4 Å². The standard InChI is InChI=1S/C21H15Br3N2O3/c22-15-6-7-19(27)17(9-15)21(28)26-25-11-14-8-16(23)10-18(24)20(14)29-12-13-4-2-1-3-5-13/h1-11,27H,12H2,(H,26,28)/b25-11-. The minimum Gasteiger partial charge on any atom is -0.507 e. The SMILES string of the molecule is O=C(N/N=C\c1cc(Br)cc(Br)c1OCc1ccccc1)c1cc(Br)ccc1O. The zero-order valence-corrected chi connectivity index (χ0v) is 19.7. The highest BCUT2D eigenvalue weighted by atomic mass is 79.9. The number of hydrazone groups is 1. The summed E-state index contributed by atoms with van der Waals surface area (Å²) in [6, 6.07) is 18.1. The quantitative estimate of drug-likeness (QED) is 0.276. The van der Waals surface area contributed by atoms with Gasteiger partial charge in [-0.25, -0.2) is 5.43 Å². The zero-order valence-electron chi connectivity index (χ0n) is 14.9. The number of rotatable bonds is 6. The van der Waals surface area contributed by atoms with Crippen LogP contribution >= 0.6 is 47.8 Å². The Labute approximate surface area is 193 Å². The van der Waals surface area contributed by atoms with Gasteiger partial charge < -0.3 is 9.84 Å². The van der Waals surface area contributed by atoms with Crippen molar-refractivity contribution < 1.29 is 14.6 Å². The predicted octanol–water partition coefficient (Wildman–Crippen LogP) is 6.02. The van der Waals surface area contributed by atoms with Crippen molar-refractivity contribution in [2.75, 3.05) is 0 Å². The molecule has 148 valence electrons. The predicted molar refractivity (Wildman–Crippen MR) is 123 cm³/mol. The first-order chi connectivity index (χ1) is 13.9. The van der Waals surface area contributed by atoms with Gasteiger partial charge in [0.15, 0.2) is 0 Å². The number of nitrogens with one attached hydrogen (secondary N) is 1. The maximum atomic E-state index is 12.3. The molecular weight excluding hydrogens is 568 g/mol. The normalized spacial score (nSPS) is 10.9. The molecule has 8 heteroatoms. The van der Waals surface area contributed by atoms with Crippen molar-refractivity contribution >= 4 is 59.9 Å². The third kappa shape index (κ3) is 5.91. The van der Waals surface area contributed by atoms with Gasteiger partial charge in [-0.15, -0.1) is 0 Å². The summed E-state index contributed by atoms with van der Waals surface area (Å²) >= 11 is 10.2. The number of phenolic OH excluding ortho intramolecular Hbond substituents is 1. The second-order valence-electron chi connectivity index (χ2n) is 5.94. The Bertz CT molecular complexity index is 1060. The highest BCUT2D eigenvalue weighted by Gasteiger charge is 2.12. The molecule has 0 radical (unpaired) electrons. The van der Waals surface area contributed by atoms with Gasteiger partial charge in [0.05, 0.1) is 16.3 Å². The van der Waals surface area contributed by atoms with Crippen molar-refractivity contribution in [3.05, 3.63) is 90.8 Å². The van der Waals surface area contributed by atoms with Crippen molar-refractivity contribution in [1.29, 1.82) is 0 Å². The molecule has 1 amide bonds. The second kappa shape index (κ2) is 10.0. The van der Waals surface area contributed by atoms with Crippen LogP contribution in [0.25, 0.3) is 0 Å². The number of hydrogen-bond acceptors (Lipinski definition) is 4. The number of ether oxygens (including phenoxy) is 1. The molecule has 0 saturated heterocycles. The number of amides is 1. The monoisotopic (exact) mass is 580 g/mol. The smallest absolute Gasteiger partial charge is 0.275 e. The lowest BCUT2D eigenvalue weighted by Gasteiger charge is -2.12. The molecule has 0 spiro atoms. The van der Waals surface area contributed by atoms with Crippen molar-refractivity contribution in [1.82, 2.24) is 5.43 Å². The highest BCUT2D eigenvalue weighted by Crippen LogP contribution is 2.32. The number of nitrogens with zero attached hydrogens (tertiary/aromatic N) is 1. The van der Waals surface area contributed by atoms with Crippen LogP contribution < -0.4 is 10.2 Å². The average Bonchev–Trinajstić information content (AvgIpc) is 2.69. The van der Waals surface area contributed by atoms with E-state index in [0.717, 1.165) is 14.5 Å². The first-order valence-electron chi connectivity index (χ1n) is 8.41. The third-order valence-corrected chi connectivity index (χ3v) is 5.38. The topological polar surface area (TPSA) is 70.9 Å². The molecule has 3 aromatic rings. The van der Waals surface area contributed by atoms with Gasteiger partial charge in [-0.2, -0.15) is 5.10 Å². The molecule has 0 aliphatic carbocycles. The lowest BCUT2D eigenvalue weighted by Crippen LogP contribution is -2.17. The van der Waals surface area contributed by atoms with Gasteiger partial charge >= 0.3 is 0 Å². The van der Waals surface area contributed by atoms with Crippen molar-refractivity contribution in [3.8, 4) is 11.5 Å². The van der Waals surface area contributed by atoms with E-state index in [4.69, 9.17) is 4.74 Å². The van der Waals surface area contributed by atoms with Crippen LogP contribution in [0.2, 0.25) is 0 Å². The minimum atomic E-state index is -0.527. The van der Waals surface area contributed by atoms with Crippen LogP contribution in [0.3, 0.4) is 0 Å². The van der Waals surface area contributed by atoms with Gasteiger partial charge in [-0.1, -0.05) is 62.2 Å². The molecule has 3 aromatic carbocycles. The second-order valence-corrected chi connectivity index (χ2v) is 8.63. The Hall–Kier alpha value is -2.16. The summed E-state index contributed by atoms with van der Waals surface area (Å²) in [5.41, 5.74) is 4.24. The van der Waals surface area contributed by atoms with Crippen molar-refractivity contribution in [3.63, 3.8) is 0 Å². The summed E-state index contributed by atoms with van der Waals surface area (Å²) in [7, 11) is 0. The molecule has 0 aromatic heterocycles. The van der Waals surface area contributed by atoms with Crippen LogP contribution in [0.1, 0.15) is 21.5 Å². The third-order valence-electron chi connectivity index (χ3n) is 3.84. The lowest BCUT2D eigenvalue weighted by molar-refractivity contribution is 0.0952. The van der Waals surface area contributed by atoms with E-state index in [1.165, 1.54) is 18.3 Å².